The molecule has 0 heterocycles. The molecule has 1 N–H and O–H groups in total. The van der Waals surface area contributed by atoms with Crippen LogP contribution >= 0.6 is 0 Å². The molecule has 0 bridgehead atoms. The van der Waals surface area contributed by atoms with Crippen LogP contribution in [0.2, 0.25) is 0 Å². The molecule has 0 aromatic rings. The molecule has 0 fully saturated rings. The quantitative estimate of drug-likeness (QED) is 0.475. The van der Waals surface area contributed by atoms with Gasteiger partial charge in [-0.1, -0.05) is 20.8 Å². The molecular weight excluding hydrogens is 359 g/mol. The fourth-order valence-corrected chi connectivity index (χ4v) is 0. The summed E-state index contributed by atoms with van der Waals surface area (Å²) in [6.45, 7) is 6.50. The average Bonchev–Trinajstić information content (AvgIpc) is 1.65. The van der Waals surface area contributed by atoms with Gasteiger partial charge in [0.25, 0.3) is 0 Å². The number of rotatable bonds is 0. The van der Waals surface area contributed by atoms with Gasteiger partial charge in [0.15, 0.2) is 0 Å². The maximum absolute atomic E-state index is 6.38. The summed E-state index contributed by atoms with van der Waals surface area (Å²) >= 11 is 2.18. The van der Waals surface area contributed by atoms with Crippen LogP contribution in [0.1, 0.15) is 22.2 Å². The Bertz CT molecular complexity index is 87.8. The van der Waals surface area contributed by atoms with Crippen LogP contribution in [-0.4, -0.2) is 12.9 Å². The molecule has 54 valence electrons. The zero-order valence-electron chi connectivity index (χ0n) is 8.09. The van der Waals surface area contributed by atoms with Crippen molar-refractivity contribution >= 4 is 12.9 Å². The second-order valence-corrected chi connectivity index (χ2v) is 6.25. The van der Waals surface area contributed by atoms with E-state index in [0.717, 1.165) is 5.92 Å². The van der Waals surface area contributed by atoms with Gasteiger partial charge in [-0.3, -0.25) is 0 Å². The normalized spacial score (nSPS) is 5.60. The number of hydrogen-bond donors (Lipinski definition) is 0. The fraction of sp³-hybridized carbons (Fsp3) is 0.800. The third kappa shape index (κ3) is 71.8. The minimum atomic E-state index is -0.275. The summed E-state index contributed by atoms with van der Waals surface area (Å²) in [7, 11) is 0. The Morgan fingerprint density at radius 1 is 1.50 bits per heavy atom. The molecule has 0 amide bonds. The Kier molecular flexibility index (Phi) is 52.1. The van der Waals surface area contributed by atoms with Crippen LogP contribution in [0.25, 0.3) is 5.73 Å². The zero-order chi connectivity index (χ0) is 6.99. The first-order chi connectivity index (χ1) is 3.65. The Balaban J connectivity index is -0.0000000171. The monoisotopic (exact) mass is 372 g/mol. The summed E-state index contributed by atoms with van der Waals surface area (Å²) in [5.41, 5.74) is 6.38. The Morgan fingerprint density at radius 2 is 1.60 bits per heavy atom. The van der Waals surface area contributed by atoms with Crippen LogP contribution in [0, 0.1) is 5.92 Å². The summed E-state index contributed by atoms with van der Waals surface area (Å²) in [4.78, 5) is 0. The van der Waals surface area contributed by atoms with E-state index in [2.05, 4.69) is 34.8 Å². The zero-order valence-corrected chi connectivity index (χ0v) is 14.5. The first kappa shape index (κ1) is 23.0. The van der Waals surface area contributed by atoms with E-state index in [-0.39, 0.29) is 76.3 Å². The molecule has 0 aliphatic heterocycles. The topological polar surface area (TPSA) is 23.8 Å². The van der Waals surface area contributed by atoms with E-state index < -0.39 is 0 Å². The molecule has 10 heavy (non-hydrogen) atoms. The molecule has 3 radical (unpaired) electrons. The van der Waals surface area contributed by atoms with Crippen molar-refractivity contribution in [2.75, 3.05) is 0 Å². The van der Waals surface area contributed by atoms with Crippen molar-refractivity contribution in [1.82, 2.24) is 0 Å². The summed E-state index contributed by atoms with van der Waals surface area (Å²) in [5, 5.41) is 0. The van der Waals surface area contributed by atoms with Crippen molar-refractivity contribution in [2.45, 2.75) is 20.8 Å². The third-order valence-electron chi connectivity index (χ3n) is 0.0527. The van der Waals surface area contributed by atoms with Gasteiger partial charge in [0.05, 0.1) is 0 Å². The molecule has 0 aromatic heterocycles. The van der Waals surface area contributed by atoms with E-state index in [4.69, 9.17) is 5.73 Å². The fourth-order valence-electron chi connectivity index (χ4n) is 0. The van der Waals surface area contributed by atoms with Gasteiger partial charge in [-0.05, 0) is 5.92 Å². The predicted molar refractivity (Wildman–Crippen MR) is 37.8 cm³/mol. The first-order valence-electron chi connectivity index (χ1n) is 2.44. The standard InChI is InChI=1S/C4H10.CH2N.B.K.V.W.H/c1-4(2)3;1-2;;;;;/h4H,1-3H3;1-2H;;;;;/q;-1;;+1;;;-1. The number of hydrogen-bond acceptors (Lipinski definition) is 0. The van der Waals surface area contributed by atoms with E-state index in [9.17, 15) is 0 Å². The van der Waals surface area contributed by atoms with E-state index in [1.807, 2.05) is 0 Å². The second-order valence-electron chi connectivity index (χ2n) is 1.96. The summed E-state index contributed by atoms with van der Waals surface area (Å²) in [6, 6.07) is 0. The predicted octanol–water partition coefficient (Wildman–Crippen LogP) is -1.26. The molecular formula is C5H13BKNVW-. The molecule has 1 nitrogen and oxygen atoms in total. The van der Waals surface area contributed by atoms with Crippen molar-refractivity contribution in [3.05, 3.63) is 5.73 Å². The molecule has 0 atom stereocenters. The van der Waals surface area contributed by atoms with Crippen LogP contribution in [0.15, 0.2) is 0 Å². The molecule has 0 rings (SSSR count). The molecule has 0 aromatic carbocycles. The van der Waals surface area contributed by atoms with Gasteiger partial charge in [0.2, 0.25) is 0 Å². The minimum absolute atomic E-state index is 0. The second kappa shape index (κ2) is 22.6. The molecule has 0 saturated carbocycles. The third-order valence-corrected chi connectivity index (χ3v) is 1.78. The summed E-state index contributed by atoms with van der Waals surface area (Å²) in [6.07, 6.45) is 0. The van der Waals surface area contributed by atoms with E-state index in [0.29, 0.717) is 0 Å². The Hall–Kier alpha value is 2.80. The van der Waals surface area contributed by atoms with Crippen LogP contribution < -0.4 is 51.4 Å². The molecule has 0 aliphatic carbocycles. The molecule has 0 aliphatic rings. The van der Waals surface area contributed by atoms with Crippen LogP contribution in [0.3, 0.4) is 0 Å². The van der Waals surface area contributed by atoms with Crippen LogP contribution in [0.5, 0.6) is 0 Å². The summed E-state index contributed by atoms with van der Waals surface area (Å²) < 4.78 is 1.51. The van der Waals surface area contributed by atoms with Gasteiger partial charge < -0.3 is 1.43 Å². The van der Waals surface area contributed by atoms with Crippen molar-refractivity contribution in [3.63, 3.8) is 0 Å². The Morgan fingerprint density at radius 3 is 1.60 bits per heavy atom. The van der Waals surface area contributed by atoms with Crippen LogP contribution in [-0.2, 0) is 29.2 Å². The van der Waals surface area contributed by atoms with Gasteiger partial charge in [-0.25, -0.2) is 0 Å². The van der Waals surface area contributed by atoms with Gasteiger partial charge in [-0.2, -0.15) is 0 Å². The molecule has 0 saturated heterocycles. The number of nitrogens with one attached hydrogen (secondary N) is 1. The Labute approximate surface area is 125 Å². The first-order valence-corrected chi connectivity index (χ1v) is 10.1. The van der Waals surface area contributed by atoms with E-state index in [1.54, 1.807) is 0 Å². The van der Waals surface area contributed by atoms with E-state index >= 15 is 0 Å². The average molecular weight is 372 g/mol. The van der Waals surface area contributed by atoms with Gasteiger partial charge in [0, 0.05) is 8.41 Å². The molecule has 5 heteroatoms. The van der Waals surface area contributed by atoms with Crippen LogP contribution in [0.4, 0.5) is 0 Å². The van der Waals surface area contributed by atoms with E-state index in [1.165, 1.54) is 4.52 Å². The van der Waals surface area contributed by atoms with Crippen molar-refractivity contribution in [3.8, 4) is 0 Å². The van der Waals surface area contributed by atoms with Gasteiger partial charge in [-0.15, -0.1) is 0 Å². The van der Waals surface area contributed by atoms with Crippen molar-refractivity contribution in [1.29, 1.82) is 0 Å². The molecule has 0 spiro atoms. The van der Waals surface area contributed by atoms with Gasteiger partial charge >= 0.3 is 90.8 Å². The van der Waals surface area contributed by atoms with Crippen molar-refractivity contribution < 1.29 is 82.0 Å². The maximum atomic E-state index is 6.38. The van der Waals surface area contributed by atoms with Gasteiger partial charge in [0.1, 0.15) is 0 Å². The molecule has 0 unspecified atom stereocenters. The van der Waals surface area contributed by atoms with Crippen molar-refractivity contribution in [2.24, 2.45) is 5.92 Å². The summed E-state index contributed by atoms with van der Waals surface area (Å²) in [5.74, 6) is 0.833. The SMILES string of the molecule is CC(C)C.[B].[H-].[K+].[NH-][CH]=[W]=[V].